The summed E-state index contributed by atoms with van der Waals surface area (Å²) >= 11 is 0. The van der Waals surface area contributed by atoms with Crippen molar-refractivity contribution in [2.24, 2.45) is 0 Å². The van der Waals surface area contributed by atoms with Crippen molar-refractivity contribution < 1.29 is 9.90 Å². The zero-order chi connectivity index (χ0) is 11.3. The average molecular weight is 206 g/mol. The van der Waals surface area contributed by atoms with Crippen LogP contribution in [0.3, 0.4) is 0 Å². The molecule has 2 nitrogen and oxygen atoms in total. The molecule has 0 atom stereocenters. The second-order valence-electron chi connectivity index (χ2n) is 3.87. The molecule has 1 aromatic carbocycles. The molecule has 0 aliphatic heterocycles. The molecule has 0 aliphatic rings. The first kappa shape index (κ1) is 11.8. The van der Waals surface area contributed by atoms with Crippen molar-refractivity contribution in [2.45, 2.75) is 39.5 Å². The number of aromatic carboxylic acids is 1. The quantitative estimate of drug-likeness (QED) is 0.749. The number of rotatable bonds is 5. The SMILES string of the molecule is CCCCCc1cccc(C)c1C(=O)O. The highest BCUT2D eigenvalue weighted by Crippen LogP contribution is 2.16. The lowest BCUT2D eigenvalue weighted by atomic mass is 9.97. The van der Waals surface area contributed by atoms with Gasteiger partial charge in [0.05, 0.1) is 5.56 Å². The van der Waals surface area contributed by atoms with Crippen molar-refractivity contribution in [3.63, 3.8) is 0 Å². The number of hydrogen-bond acceptors (Lipinski definition) is 1. The van der Waals surface area contributed by atoms with Crippen LogP contribution in [0, 0.1) is 6.92 Å². The molecule has 0 radical (unpaired) electrons. The fourth-order valence-corrected chi connectivity index (χ4v) is 1.81. The molecule has 2 heteroatoms. The predicted molar refractivity (Wildman–Crippen MR) is 61.4 cm³/mol. The lowest BCUT2D eigenvalue weighted by molar-refractivity contribution is 0.0695. The van der Waals surface area contributed by atoms with Crippen LogP contribution in [0.5, 0.6) is 0 Å². The molecule has 0 fully saturated rings. The molecule has 0 amide bonds. The van der Waals surface area contributed by atoms with Gasteiger partial charge in [-0.3, -0.25) is 0 Å². The standard InChI is InChI=1S/C13H18O2/c1-3-4-5-8-11-9-6-7-10(2)12(11)13(14)15/h6-7,9H,3-5,8H2,1-2H3,(H,14,15). The molecule has 1 N–H and O–H groups in total. The molecule has 15 heavy (non-hydrogen) atoms. The lowest BCUT2D eigenvalue weighted by Gasteiger charge is -2.08. The molecule has 0 spiro atoms. The number of carbonyl (C=O) groups is 1. The van der Waals surface area contributed by atoms with Crippen molar-refractivity contribution in [2.75, 3.05) is 0 Å². The van der Waals surface area contributed by atoms with Crippen molar-refractivity contribution in [1.82, 2.24) is 0 Å². The van der Waals surface area contributed by atoms with Crippen LogP contribution in [0.15, 0.2) is 18.2 Å². The topological polar surface area (TPSA) is 37.3 Å². The first-order valence-corrected chi connectivity index (χ1v) is 5.48. The molecule has 0 aliphatic carbocycles. The predicted octanol–water partition coefficient (Wildman–Crippen LogP) is 3.43. The van der Waals surface area contributed by atoms with E-state index in [1.807, 2.05) is 25.1 Å². The number of benzene rings is 1. The van der Waals surface area contributed by atoms with E-state index in [9.17, 15) is 4.79 Å². The third-order valence-corrected chi connectivity index (χ3v) is 2.62. The Labute approximate surface area is 90.9 Å². The minimum Gasteiger partial charge on any atom is -0.478 e. The molecule has 0 bridgehead atoms. The number of unbranched alkanes of at least 4 members (excludes halogenated alkanes) is 2. The first-order valence-electron chi connectivity index (χ1n) is 5.48. The van der Waals surface area contributed by atoms with Crippen molar-refractivity contribution in [3.05, 3.63) is 34.9 Å². The Kier molecular flexibility index (Phi) is 4.35. The van der Waals surface area contributed by atoms with Crippen molar-refractivity contribution >= 4 is 5.97 Å². The van der Waals surface area contributed by atoms with Crippen LogP contribution < -0.4 is 0 Å². The van der Waals surface area contributed by atoms with Crippen LogP contribution in [0.2, 0.25) is 0 Å². The van der Waals surface area contributed by atoms with Crippen LogP contribution in [0.4, 0.5) is 0 Å². The highest BCUT2D eigenvalue weighted by Gasteiger charge is 2.11. The van der Waals surface area contributed by atoms with Gasteiger partial charge >= 0.3 is 5.97 Å². The number of hydrogen-bond donors (Lipinski definition) is 1. The fourth-order valence-electron chi connectivity index (χ4n) is 1.81. The smallest absolute Gasteiger partial charge is 0.336 e. The third-order valence-electron chi connectivity index (χ3n) is 2.62. The average Bonchev–Trinajstić information content (AvgIpc) is 2.17. The van der Waals surface area contributed by atoms with Gasteiger partial charge in [-0.25, -0.2) is 4.79 Å². The maximum Gasteiger partial charge on any atom is 0.336 e. The fraction of sp³-hybridized carbons (Fsp3) is 0.462. The van der Waals surface area contributed by atoms with E-state index in [1.54, 1.807) is 0 Å². The van der Waals surface area contributed by atoms with Gasteiger partial charge in [0.25, 0.3) is 0 Å². The maximum atomic E-state index is 11.1. The van der Waals surface area contributed by atoms with E-state index >= 15 is 0 Å². The highest BCUT2D eigenvalue weighted by molar-refractivity contribution is 5.91. The summed E-state index contributed by atoms with van der Waals surface area (Å²) in [6, 6.07) is 5.71. The summed E-state index contributed by atoms with van der Waals surface area (Å²) in [4.78, 5) is 11.1. The third kappa shape index (κ3) is 3.08. The molecule has 0 saturated heterocycles. The van der Waals surface area contributed by atoms with E-state index in [0.29, 0.717) is 5.56 Å². The van der Waals surface area contributed by atoms with E-state index in [-0.39, 0.29) is 0 Å². The summed E-state index contributed by atoms with van der Waals surface area (Å²) in [5.74, 6) is -0.806. The molecule has 82 valence electrons. The number of aryl methyl sites for hydroxylation is 2. The Morgan fingerprint density at radius 2 is 2.07 bits per heavy atom. The Balaban J connectivity index is 2.86. The lowest BCUT2D eigenvalue weighted by Crippen LogP contribution is -2.05. The van der Waals surface area contributed by atoms with E-state index in [2.05, 4.69) is 6.92 Å². The molecule has 0 saturated carbocycles. The van der Waals surface area contributed by atoms with Gasteiger partial charge in [0.1, 0.15) is 0 Å². The van der Waals surface area contributed by atoms with E-state index in [0.717, 1.165) is 36.8 Å². The maximum absolute atomic E-state index is 11.1. The minimum atomic E-state index is -0.806. The Morgan fingerprint density at radius 1 is 1.33 bits per heavy atom. The van der Waals surface area contributed by atoms with Gasteiger partial charge in [0.2, 0.25) is 0 Å². The van der Waals surface area contributed by atoms with Gasteiger partial charge in [-0.1, -0.05) is 38.0 Å². The summed E-state index contributed by atoms with van der Waals surface area (Å²) in [5.41, 5.74) is 2.32. The molecule has 0 unspecified atom stereocenters. The Morgan fingerprint density at radius 3 is 2.67 bits per heavy atom. The van der Waals surface area contributed by atoms with Gasteiger partial charge < -0.3 is 5.11 Å². The summed E-state index contributed by atoms with van der Waals surface area (Å²) in [6.45, 7) is 4.00. The van der Waals surface area contributed by atoms with Gasteiger partial charge in [0, 0.05) is 0 Å². The molecule has 1 rings (SSSR count). The zero-order valence-corrected chi connectivity index (χ0v) is 9.42. The van der Waals surface area contributed by atoms with Gasteiger partial charge in [0.15, 0.2) is 0 Å². The first-order chi connectivity index (χ1) is 7.16. The van der Waals surface area contributed by atoms with Crippen molar-refractivity contribution in [1.29, 1.82) is 0 Å². The van der Waals surface area contributed by atoms with Gasteiger partial charge in [-0.05, 0) is 30.9 Å². The second kappa shape index (κ2) is 5.54. The molecular weight excluding hydrogens is 188 g/mol. The summed E-state index contributed by atoms with van der Waals surface area (Å²) in [7, 11) is 0. The summed E-state index contributed by atoms with van der Waals surface area (Å²) in [5, 5.41) is 9.10. The molecular formula is C13H18O2. The van der Waals surface area contributed by atoms with Crippen molar-refractivity contribution in [3.8, 4) is 0 Å². The molecule has 0 aromatic heterocycles. The highest BCUT2D eigenvalue weighted by atomic mass is 16.4. The van der Waals surface area contributed by atoms with Crippen LogP contribution in [0.1, 0.15) is 47.7 Å². The largest absolute Gasteiger partial charge is 0.478 e. The van der Waals surface area contributed by atoms with Crippen LogP contribution in [-0.4, -0.2) is 11.1 Å². The zero-order valence-electron chi connectivity index (χ0n) is 9.42. The Hall–Kier alpha value is -1.31. The summed E-state index contributed by atoms with van der Waals surface area (Å²) < 4.78 is 0. The normalized spacial score (nSPS) is 10.3. The van der Waals surface area contributed by atoms with Crippen LogP contribution in [0.25, 0.3) is 0 Å². The monoisotopic (exact) mass is 206 g/mol. The molecule has 0 heterocycles. The van der Waals surface area contributed by atoms with Gasteiger partial charge in [-0.15, -0.1) is 0 Å². The van der Waals surface area contributed by atoms with E-state index in [4.69, 9.17) is 5.11 Å². The van der Waals surface area contributed by atoms with E-state index in [1.165, 1.54) is 0 Å². The van der Waals surface area contributed by atoms with Crippen LogP contribution >= 0.6 is 0 Å². The Bertz CT molecular complexity index is 342. The molecule has 1 aromatic rings. The number of carboxylic acid groups (broad SMARTS) is 1. The second-order valence-corrected chi connectivity index (χ2v) is 3.87. The minimum absolute atomic E-state index is 0.494. The van der Waals surface area contributed by atoms with Gasteiger partial charge in [-0.2, -0.15) is 0 Å². The van der Waals surface area contributed by atoms with Crippen LogP contribution in [-0.2, 0) is 6.42 Å². The summed E-state index contributed by atoms with van der Waals surface area (Å²) in [6.07, 6.45) is 4.26. The van der Waals surface area contributed by atoms with E-state index < -0.39 is 5.97 Å². The number of carboxylic acids is 1.